The monoisotopic (exact) mass is 435 g/mol. The Balaban J connectivity index is 1.78. The molecular weight excluding hydrogens is 404 g/mol. The molecule has 7 nitrogen and oxygen atoms in total. The summed E-state index contributed by atoms with van der Waals surface area (Å²) < 4.78 is 28.9. The average molecular weight is 436 g/mol. The summed E-state index contributed by atoms with van der Waals surface area (Å²) in [7, 11) is 0. The molecule has 170 valence electrons. The fourth-order valence-electron chi connectivity index (χ4n) is 3.56. The number of hydrogen-bond donors (Lipinski definition) is 3. The SMILES string of the molecule is C=C(CCCCCCN1C(=O)CC[C@@H]1/C=C/[C@@H](O)C(F)(F)c1ccccc1)NN=NN. The molecule has 0 unspecified atom stereocenters. The Morgan fingerprint density at radius 3 is 2.74 bits per heavy atom. The van der Waals surface area contributed by atoms with Crippen molar-refractivity contribution in [2.75, 3.05) is 6.54 Å². The van der Waals surface area contributed by atoms with Crippen LogP contribution in [0.5, 0.6) is 0 Å². The van der Waals surface area contributed by atoms with Crippen LogP contribution in [0.3, 0.4) is 0 Å². The van der Waals surface area contributed by atoms with E-state index in [2.05, 4.69) is 22.5 Å². The molecular formula is C22H31F2N5O2. The summed E-state index contributed by atoms with van der Waals surface area (Å²) in [6.45, 7) is 4.38. The number of unbranched alkanes of at least 4 members (excludes halogenated alkanes) is 3. The van der Waals surface area contributed by atoms with Crippen molar-refractivity contribution >= 4 is 5.91 Å². The number of nitrogens with two attached hydrogens (primary N) is 1. The number of aliphatic hydroxyl groups is 1. The maximum Gasteiger partial charge on any atom is 0.302 e. The number of rotatable bonds is 13. The van der Waals surface area contributed by atoms with Crippen LogP contribution in [0, 0.1) is 0 Å². The highest BCUT2D eigenvalue weighted by Gasteiger charge is 2.39. The zero-order valence-corrected chi connectivity index (χ0v) is 17.6. The maximum absolute atomic E-state index is 14.4. The van der Waals surface area contributed by atoms with Gasteiger partial charge in [0.05, 0.1) is 6.04 Å². The van der Waals surface area contributed by atoms with Crippen LogP contribution in [0.15, 0.2) is 65.2 Å². The lowest BCUT2D eigenvalue weighted by Gasteiger charge is -2.24. The van der Waals surface area contributed by atoms with E-state index in [0.717, 1.165) is 43.9 Å². The predicted octanol–water partition coefficient (Wildman–Crippen LogP) is 3.98. The lowest BCUT2D eigenvalue weighted by Crippen LogP contribution is -2.34. The van der Waals surface area contributed by atoms with Crippen molar-refractivity contribution in [3.05, 3.63) is 60.3 Å². The van der Waals surface area contributed by atoms with E-state index in [-0.39, 0.29) is 17.5 Å². The second-order valence-corrected chi connectivity index (χ2v) is 7.61. The fraction of sp³-hybridized carbons (Fsp3) is 0.500. The van der Waals surface area contributed by atoms with Gasteiger partial charge in [-0.1, -0.05) is 72.4 Å². The normalized spacial score (nSPS) is 18.2. The molecule has 0 saturated carbocycles. The molecule has 9 heteroatoms. The van der Waals surface area contributed by atoms with Crippen molar-refractivity contribution < 1.29 is 18.7 Å². The van der Waals surface area contributed by atoms with Gasteiger partial charge < -0.3 is 15.8 Å². The lowest BCUT2D eigenvalue weighted by atomic mass is 10.0. The zero-order valence-electron chi connectivity index (χ0n) is 17.6. The number of carbonyl (C=O) groups is 1. The first-order chi connectivity index (χ1) is 14.9. The number of allylic oxidation sites excluding steroid dienone is 1. The van der Waals surface area contributed by atoms with E-state index in [1.807, 2.05) is 0 Å². The van der Waals surface area contributed by atoms with Crippen molar-refractivity contribution in [1.82, 2.24) is 10.3 Å². The summed E-state index contributed by atoms with van der Waals surface area (Å²) in [5.74, 6) is 1.53. The van der Waals surface area contributed by atoms with Crippen LogP contribution in [0.1, 0.15) is 50.5 Å². The highest BCUT2D eigenvalue weighted by Crippen LogP contribution is 2.32. The Kier molecular flexibility index (Phi) is 9.58. The van der Waals surface area contributed by atoms with E-state index in [4.69, 9.17) is 5.84 Å². The van der Waals surface area contributed by atoms with Gasteiger partial charge in [-0.3, -0.25) is 10.2 Å². The second-order valence-electron chi connectivity index (χ2n) is 7.61. The summed E-state index contributed by atoms with van der Waals surface area (Å²) in [5, 5.41) is 16.6. The summed E-state index contributed by atoms with van der Waals surface area (Å²) in [6.07, 6.45) is 6.04. The molecule has 0 bridgehead atoms. The van der Waals surface area contributed by atoms with Crippen molar-refractivity contribution in [2.24, 2.45) is 16.3 Å². The predicted molar refractivity (Wildman–Crippen MR) is 115 cm³/mol. The van der Waals surface area contributed by atoms with Gasteiger partial charge >= 0.3 is 5.92 Å². The third-order valence-corrected chi connectivity index (χ3v) is 5.31. The smallest absolute Gasteiger partial charge is 0.302 e. The number of carbonyl (C=O) groups excluding carboxylic acids is 1. The molecule has 2 rings (SSSR count). The quantitative estimate of drug-likeness (QED) is 0.143. The minimum atomic E-state index is -3.39. The van der Waals surface area contributed by atoms with Gasteiger partial charge in [-0.15, -0.1) is 0 Å². The number of amides is 1. The van der Waals surface area contributed by atoms with Gasteiger partial charge in [-0.25, -0.2) is 0 Å². The van der Waals surface area contributed by atoms with Crippen LogP contribution in [-0.4, -0.2) is 34.6 Å². The van der Waals surface area contributed by atoms with Gasteiger partial charge in [0.15, 0.2) is 0 Å². The minimum Gasteiger partial charge on any atom is -0.382 e. The van der Waals surface area contributed by atoms with Gasteiger partial charge in [0.2, 0.25) is 5.91 Å². The largest absolute Gasteiger partial charge is 0.382 e. The minimum absolute atomic E-state index is 0.0173. The standard InChI is InChI=1S/C22H31F2N5O2/c1-17(26-28-27-25)9-5-2-3-8-16-29-19(13-15-21(29)31)12-14-20(30)22(23,24)18-10-6-4-7-11-18/h4,6-7,10-12,14,19-20,30H,1-3,5,8-9,13,15-16H2,(H2,25,28)(H,26,27)/b14-12+/t19-,20+/m0/s1. The molecule has 0 aromatic heterocycles. The van der Waals surface area contributed by atoms with Crippen LogP contribution >= 0.6 is 0 Å². The third-order valence-electron chi connectivity index (χ3n) is 5.31. The van der Waals surface area contributed by atoms with Crippen molar-refractivity contribution in [3.8, 4) is 0 Å². The number of halogens is 2. The number of hydrogen-bond acceptors (Lipinski definition) is 4. The van der Waals surface area contributed by atoms with E-state index in [1.54, 1.807) is 11.0 Å². The number of likely N-dealkylation sites (tertiary alicyclic amines) is 1. The number of nitrogens with zero attached hydrogens (tertiary/aromatic N) is 3. The molecule has 1 fully saturated rings. The molecule has 31 heavy (non-hydrogen) atoms. The maximum atomic E-state index is 14.4. The first-order valence-electron chi connectivity index (χ1n) is 10.5. The van der Waals surface area contributed by atoms with Crippen LogP contribution in [-0.2, 0) is 10.7 Å². The molecule has 4 N–H and O–H groups in total. The van der Waals surface area contributed by atoms with Gasteiger partial charge in [0, 0.05) is 24.2 Å². The average Bonchev–Trinajstić information content (AvgIpc) is 3.12. The van der Waals surface area contributed by atoms with E-state index < -0.39 is 12.0 Å². The molecule has 0 spiro atoms. The highest BCUT2D eigenvalue weighted by atomic mass is 19.3. The van der Waals surface area contributed by atoms with Gasteiger partial charge in [-0.2, -0.15) is 8.78 Å². The number of benzene rings is 1. The first-order valence-corrected chi connectivity index (χ1v) is 10.5. The fourth-order valence-corrected chi connectivity index (χ4v) is 3.56. The van der Waals surface area contributed by atoms with E-state index in [1.165, 1.54) is 30.3 Å². The Labute approximate surface area is 181 Å². The van der Waals surface area contributed by atoms with Crippen molar-refractivity contribution in [3.63, 3.8) is 0 Å². The molecule has 2 atom stereocenters. The second kappa shape index (κ2) is 12.1. The van der Waals surface area contributed by atoms with E-state index >= 15 is 0 Å². The highest BCUT2D eigenvalue weighted by molar-refractivity contribution is 5.79. The topological polar surface area (TPSA) is 103 Å². The summed E-state index contributed by atoms with van der Waals surface area (Å²) >= 11 is 0. The van der Waals surface area contributed by atoms with Crippen LogP contribution in [0.4, 0.5) is 8.78 Å². The molecule has 0 radical (unpaired) electrons. The number of nitrogens with one attached hydrogen (secondary N) is 1. The van der Waals surface area contributed by atoms with Gasteiger partial charge in [0.1, 0.15) is 6.10 Å². The van der Waals surface area contributed by atoms with E-state index in [0.29, 0.717) is 19.4 Å². The van der Waals surface area contributed by atoms with E-state index in [9.17, 15) is 18.7 Å². The Hall–Kier alpha value is -2.81. The molecule has 1 aromatic carbocycles. The molecule has 1 amide bonds. The molecule has 1 aliphatic rings. The Morgan fingerprint density at radius 2 is 2.03 bits per heavy atom. The van der Waals surface area contributed by atoms with Crippen LogP contribution in [0.25, 0.3) is 0 Å². The van der Waals surface area contributed by atoms with Crippen LogP contribution in [0.2, 0.25) is 0 Å². The first kappa shape index (κ1) is 24.5. The third kappa shape index (κ3) is 7.43. The van der Waals surface area contributed by atoms with Crippen molar-refractivity contribution in [2.45, 2.75) is 63.0 Å². The molecule has 1 aliphatic heterocycles. The van der Waals surface area contributed by atoms with Crippen molar-refractivity contribution in [1.29, 1.82) is 0 Å². The molecule has 1 aromatic rings. The van der Waals surface area contributed by atoms with Gasteiger partial charge in [0.25, 0.3) is 0 Å². The summed E-state index contributed by atoms with van der Waals surface area (Å²) in [6, 6.07) is 6.97. The lowest BCUT2D eigenvalue weighted by molar-refractivity contribution is -0.128. The summed E-state index contributed by atoms with van der Waals surface area (Å²) in [4.78, 5) is 13.9. The van der Waals surface area contributed by atoms with Crippen LogP contribution < -0.4 is 11.3 Å². The molecule has 1 heterocycles. The zero-order chi connectivity index (χ0) is 22.7. The summed E-state index contributed by atoms with van der Waals surface area (Å²) in [5.41, 5.74) is 3.12. The molecule has 0 aliphatic carbocycles. The number of alkyl halides is 2. The van der Waals surface area contributed by atoms with Gasteiger partial charge in [-0.05, 0) is 25.7 Å². The number of aliphatic hydroxyl groups excluding tert-OH is 1. The molecule has 1 saturated heterocycles. The Morgan fingerprint density at radius 1 is 1.32 bits per heavy atom. The Bertz CT molecular complexity index is 770.